The number of nitrogens with one attached hydrogen (secondary N) is 1. The summed E-state index contributed by atoms with van der Waals surface area (Å²) in [6.45, 7) is 6.02. The lowest BCUT2D eigenvalue weighted by Gasteiger charge is -2.10. The van der Waals surface area contributed by atoms with Gasteiger partial charge in [-0.05, 0) is 18.2 Å². The zero-order valence-electron chi connectivity index (χ0n) is 14.0. The number of methoxy groups -OCH3 is 1. The highest BCUT2D eigenvalue weighted by molar-refractivity contribution is 7.89. The van der Waals surface area contributed by atoms with Crippen LogP contribution in [0.3, 0.4) is 0 Å². The van der Waals surface area contributed by atoms with Gasteiger partial charge in [0.25, 0.3) is 0 Å². The lowest BCUT2D eigenvalue weighted by atomic mass is 9.97. The molecule has 0 aliphatic heterocycles. The van der Waals surface area contributed by atoms with Gasteiger partial charge in [0.05, 0.1) is 17.0 Å². The van der Waals surface area contributed by atoms with E-state index in [0.717, 1.165) is 0 Å². The monoisotopic (exact) mass is 373 g/mol. The Bertz CT molecular complexity index is 812. The SMILES string of the molecule is COc1ccc(S(=O)(=O)NCCc2noc(C(C)(C)C)n2)cc1Cl. The highest BCUT2D eigenvalue weighted by Gasteiger charge is 2.22. The van der Waals surface area contributed by atoms with Gasteiger partial charge >= 0.3 is 0 Å². The predicted molar refractivity (Wildman–Crippen MR) is 89.9 cm³/mol. The first-order chi connectivity index (χ1) is 11.1. The van der Waals surface area contributed by atoms with E-state index in [1.54, 1.807) is 0 Å². The molecule has 0 saturated heterocycles. The molecule has 132 valence electrons. The van der Waals surface area contributed by atoms with Crippen LogP contribution in [-0.4, -0.2) is 32.2 Å². The number of ether oxygens (including phenoxy) is 1. The quantitative estimate of drug-likeness (QED) is 0.836. The third kappa shape index (κ3) is 4.46. The second-order valence-corrected chi connectivity index (χ2v) is 8.38. The molecule has 2 rings (SSSR count). The van der Waals surface area contributed by atoms with E-state index in [-0.39, 0.29) is 21.9 Å². The first-order valence-corrected chi connectivity index (χ1v) is 9.16. The Hall–Kier alpha value is -1.64. The molecule has 2 aromatic rings. The molecular weight excluding hydrogens is 354 g/mol. The number of rotatable bonds is 6. The van der Waals surface area contributed by atoms with Gasteiger partial charge in [0.2, 0.25) is 15.9 Å². The lowest BCUT2D eigenvalue weighted by molar-refractivity contribution is 0.318. The van der Waals surface area contributed by atoms with Crippen molar-refractivity contribution >= 4 is 21.6 Å². The molecule has 0 amide bonds. The van der Waals surface area contributed by atoms with Gasteiger partial charge in [0.1, 0.15) is 5.75 Å². The second kappa shape index (κ2) is 7.08. The summed E-state index contributed by atoms with van der Waals surface area (Å²) in [4.78, 5) is 4.33. The van der Waals surface area contributed by atoms with Gasteiger partial charge in [-0.3, -0.25) is 0 Å². The highest BCUT2D eigenvalue weighted by Crippen LogP contribution is 2.26. The Balaban J connectivity index is 2.00. The standard InChI is InChI=1S/C15H20ClN3O4S/c1-15(2,3)14-18-13(19-23-14)7-8-17-24(20,21)10-5-6-12(22-4)11(16)9-10/h5-6,9,17H,7-8H2,1-4H3. The second-order valence-electron chi connectivity index (χ2n) is 6.21. The zero-order chi connectivity index (χ0) is 18.0. The van der Waals surface area contributed by atoms with Crippen LogP contribution in [0.25, 0.3) is 0 Å². The molecule has 1 aromatic heterocycles. The fourth-order valence-corrected chi connectivity index (χ4v) is 3.23. The largest absolute Gasteiger partial charge is 0.495 e. The average molecular weight is 374 g/mol. The van der Waals surface area contributed by atoms with Crippen molar-refractivity contribution in [1.29, 1.82) is 0 Å². The summed E-state index contributed by atoms with van der Waals surface area (Å²) in [5, 5.41) is 4.08. The maximum atomic E-state index is 12.3. The number of hydrogen-bond acceptors (Lipinski definition) is 6. The minimum absolute atomic E-state index is 0.0665. The molecule has 0 saturated carbocycles. The van der Waals surface area contributed by atoms with Gasteiger partial charge in [-0.25, -0.2) is 13.1 Å². The number of benzene rings is 1. The van der Waals surface area contributed by atoms with E-state index in [1.165, 1.54) is 25.3 Å². The minimum atomic E-state index is -3.68. The fourth-order valence-electron chi connectivity index (χ4n) is 1.85. The van der Waals surface area contributed by atoms with Crippen LogP contribution >= 0.6 is 11.6 Å². The van der Waals surface area contributed by atoms with Crippen LogP contribution in [-0.2, 0) is 21.9 Å². The molecule has 7 nitrogen and oxygen atoms in total. The van der Waals surface area contributed by atoms with Crippen molar-refractivity contribution in [2.75, 3.05) is 13.7 Å². The topological polar surface area (TPSA) is 94.3 Å². The van der Waals surface area contributed by atoms with Crippen LogP contribution in [0.2, 0.25) is 5.02 Å². The van der Waals surface area contributed by atoms with Gasteiger partial charge in [0.15, 0.2) is 5.82 Å². The number of nitrogens with zero attached hydrogens (tertiary/aromatic N) is 2. The van der Waals surface area contributed by atoms with Crippen molar-refractivity contribution in [3.63, 3.8) is 0 Å². The van der Waals surface area contributed by atoms with E-state index in [2.05, 4.69) is 14.9 Å². The summed E-state index contributed by atoms with van der Waals surface area (Å²) < 4.78 is 37.2. The third-order valence-corrected chi connectivity index (χ3v) is 4.94. The molecule has 0 aliphatic rings. The molecule has 0 unspecified atom stereocenters. The zero-order valence-corrected chi connectivity index (χ0v) is 15.5. The molecule has 24 heavy (non-hydrogen) atoms. The number of aromatic nitrogens is 2. The third-order valence-electron chi connectivity index (χ3n) is 3.18. The van der Waals surface area contributed by atoms with Crippen LogP contribution in [0.5, 0.6) is 5.75 Å². The Morgan fingerprint density at radius 2 is 2.04 bits per heavy atom. The fraction of sp³-hybridized carbons (Fsp3) is 0.467. The van der Waals surface area contributed by atoms with Crippen LogP contribution in [0, 0.1) is 0 Å². The molecule has 1 N–H and O–H groups in total. The van der Waals surface area contributed by atoms with Gasteiger partial charge in [-0.2, -0.15) is 4.98 Å². The van der Waals surface area contributed by atoms with Crippen LogP contribution in [0.1, 0.15) is 32.5 Å². The summed E-state index contributed by atoms with van der Waals surface area (Å²) in [7, 11) is -2.21. The summed E-state index contributed by atoms with van der Waals surface area (Å²) >= 11 is 5.96. The summed E-state index contributed by atoms with van der Waals surface area (Å²) in [6.07, 6.45) is 0.322. The van der Waals surface area contributed by atoms with Crippen molar-refractivity contribution in [1.82, 2.24) is 14.9 Å². The summed E-state index contributed by atoms with van der Waals surface area (Å²) in [6, 6.07) is 4.28. The molecule has 0 bridgehead atoms. The summed E-state index contributed by atoms with van der Waals surface area (Å²) in [5.74, 6) is 1.38. The van der Waals surface area contributed by atoms with E-state index in [1.807, 2.05) is 20.8 Å². The maximum Gasteiger partial charge on any atom is 0.240 e. The lowest BCUT2D eigenvalue weighted by Crippen LogP contribution is -2.26. The normalized spacial score (nSPS) is 12.4. The smallest absolute Gasteiger partial charge is 0.240 e. The van der Waals surface area contributed by atoms with Crippen LogP contribution in [0.15, 0.2) is 27.6 Å². The highest BCUT2D eigenvalue weighted by atomic mass is 35.5. The van der Waals surface area contributed by atoms with Crippen molar-refractivity contribution in [2.24, 2.45) is 0 Å². The van der Waals surface area contributed by atoms with E-state index >= 15 is 0 Å². The number of halogens is 1. The molecule has 1 aromatic carbocycles. The number of sulfonamides is 1. The van der Waals surface area contributed by atoms with E-state index in [0.29, 0.717) is 23.9 Å². The molecule has 1 heterocycles. The van der Waals surface area contributed by atoms with Crippen LogP contribution < -0.4 is 9.46 Å². The average Bonchev–Trinajstić information content (AvgIpc) is 2.96. The molecule has 0 atom stereocenters. The summed E-state index contributed by atoms with van der Waals surface area (Å²) in [5.41, 5.74) is -0.245. The maximum absolute atomic E-state index is 12.3. The van der Waals surface area contributed by atoms with Crippen molar-refractivity contribution in [3.8, 4) is 5.75 Å². The van der Waals surface area contributed by atoms with Gasteiger partial charge < -0.3 is 9.26 Å². The first kappa shape index (κ1) is 18.7. The van der Waals surface area contributed by atoms with Crippen molar-refractivity contribution in [2.45, 2.75) is 37.5 Å². The Labute approximate surface area is 146 Å². The van der Waals surface area contributed by atoms with E-state index < -0.39 is 10.0 Å². The predicted octanol–water partition coefficient (Wildman–Crippen LogP) is 2.55. The van der Waals surface area contributed by atoms with Crippen molar-refractivity contribution in [3.05, 3.63) is 34.9 Å². The minimum Gasteiger partial charge on any atom is -0.495 e. The first-order valence-electron chi connectivity index (χ1n) is 7.30. The van der Waals surface area contributed by atoms with Gasteiger partial charge in [-0.1, -0.05) is 37.5 Å². The van der Waals surface area contributed by atoms with Crippen molar-refractivity contribution < 1.29 is 17.7 Å². The number of hydrogen-bond donors (Lipinski definition) is 1. The Morgan fingerprint density at radius 1 is 1.33 bits per heavy atom. The molecular formula is C15H20ClN3O4S. The molecule has 0 spiro atoms. The van der Waals surface area contributed by atoms with Crippen LogP contribution in [0.4, 0.5) is 0 Å². The molecule has 0 aliphatic carbocycles. The molecule has 9 heteroatoms. The Kier molecular flexibility index (Phi) is 5.52. The molecule has 0 fully saturated rings. The van der Waals surface area contributed by atoms with E-state index in [4.69, 9.17) is 20.9 Å². The van der Waals surface area contributed by atoms with E-state index in [9.17, 15) is 8.42 Å². The Morgan fingerprint density at radius 3 is 2.58 bits per heavy atom. The van der Waals surface area contributed by atoms with Gasteiger partial charge in [0, 0.05) is 18.4 Å². The molecule has 0 radical (unpaired) electrons. The van der Waals surface area contributed by atoms with Gasteiger partial charge in [-0.15, -0.1) is 0 Å².